The number of nitrogens with one attached hydrogen (secondary N) is 2. The van der Waals surface area contributed by atoms with E-state index in [4.69, 9.17) is 9.47 Å². The number of hydrogen-bond acceptors (Lipinski definition) is 5. The standard InChI is InChI=1S/C19H18N2O5S/c1-20-19(22)16-7-3-2-5-14(16)6-4-10-21-27(23,24)15-8-9-17-18(13-15)26-12-11-25-17/h2-3,5,7-9,13,21H,10-12H2,1H3,(H,20,22). The topological polar surface area (TPSA) is 93.7 Å². The van der Waals surface area contributed by atoms with Crippen LogP contribution in [0.2, 0.25) is 0 Å². The fourth-order valence-electron chi connectivity index (χ4n) is 2.47. The van der Waals surface area contributed by atoms with Crippen molar-refractivity contribution in [2.75, 3.05) is 26.8 Å². The fourth-order valence-corrected chi connectivity index (χ4v) is 3.41. The Bertz CT molecular complexity index is 1020. The average Bonchev–Trinajstić information content (AvgIpc) is 2.70. The molecule has 1 aliphatic heterocycles. The first-order valence-electron chi connectivity index (χ1n) is 8.20. The van der Waals surface area contributed by atoms with E-state index < -0.39 is 10.0 Å². The number of carbonyl (C=O) groups is 1. The molecule has 0 atom stereocenters. The first-order chi connectivity index (χ1) is 13.0. The fraction of sp³-hybridized carbons (Fsp3) is 0.211. The maximum atomic E-state index is 12.4. The van der Waals surface area contributed by atoms with Crippen molar-refractivity contribution < 1.29 is 22.7 Å². The van der Waals surface area contributed by atoms with Crippen LogP contribution in [0.5, 0.6) is 11.5 Å². The molecule has 1 aliphatic rings. The highest BCUT2D eigenvalue weighted by molar-refractivity contribution is 7.89. The third-order valence-corrected chi connectivity index (χ3v) is 5.20. The van der Waals surface area contributed by atoms with Crippen LogP contribution in [0.25, 0.3) is 0 Å². The summed E-state index contributed by atoms with van der Waals surface area (Å²) in [7, 11) is -2.21. The summed E-state index contributed by atoms with van der Waals surface area (Å²) in [6.45, 7) is 0.712. The lowest BCUT2D eigenvalue weighted by Crippen LogP contribution is -2.24. The minimum Gasteiger partial charge on any atom is -0.486 e. The van der Waals surface area contributed by atoms with Crippen LogP contribution in [0.3, 0.4) is 0 Å². The van der Waals surface area contributed by atoms with Gasteiger partial charge in [-0.15, -0.1) is 0 Å². The highest BCUT2D eigenvalue weighted by Crippen LogP contribution is 2.32. The van der Waals surface area contributed by atoms with E-state index in [9.17, 15) is 13.2 Å². The highest BCUT2D eigenvalue weighted by atomic mass is 32.2. The Balaban J connectivity index is 1.71. The number of benzene rings is 2. The Morgan fingerprint density at radius 1 is 1.11 bits per heavy atom. The molecule has 0 bridgehead atoms. The molecular formula is C19H18N2O5S. The van der Waals surface area contributed by atoms with E-state index in [0.717, 1.165) is 0 Å². The molecule has 27 heavy (non-hydrogen) atoms. The van der Waals surface area contributed by atoms with Gasteiger partial charge in [0.2, 0.25) is 10.0 Å². The predicted octanol–water partition coefficient (Wildman–Crippen LogP) is 1.15. The summed E-state index contributed by atoms with van der Waals surface area (Å²) < 4.78 is 38.0. The second-order valence-corrected chi connectivity index (χ2v) is 7.32. The number of sulfonamides is 1. The Morgan fingerprint density at radius 2 is 1.85 bits per heavy atom. The lowest BCUT2D eigenvalue weighted by Gasteiger charge is -2.18. The van der Waals surface area contributed by atoms with Gasteiger partial charge in [-0.2, -0.15) is 4.72 Å². The van der Waals surface area contributed by atoms with Gasteiger partial charge >= 0.3 is 0 Å². The summed E-state index contributed by atoms with van der Waals surface area (Å²) in [6, 6.07) is 11.3. The van der Waals surface area contributed by atoms with Gasteiger partial charge < -0.3 is 14.8 Å². The molecule has 0 aromatic heterocycles. The SMILES string of the molecule is CNC(=O)c1ccccc1C#CCNS(=O)(=O)c1ccc2c(c1)OCCO2. The van der Waals surface area contributed by atoms with Gasteiger partial charge in [-0.1, -0.05) is 24.0 Å². The predicted molar refractivity (Wildman–Crippen MR) is 99.3 cm³/mol. The van der Waals surface area contributed by atoms with Crippen LogP contribution in [0.4, 0.5) is 0 Å². The first-order valence-corrected chi connectivity index (χ1v) is 9.69. The maximum Gasteiger partial charge on any atom is 0.252 e. The molecule has 7 nitrogen and oxygen atoms in total. The molecule has 1 amide bonds. The molecule has 0 aliphatic carbocycles. The molecule has 0 fully saturated rings. The van der Waals surface area contributed by atoms with E-state index in [0.29, 0.717) is 35.8 Å². The second kappa shape index (κ2) is 8.12. The zero-order valence-corrected chi connectivity index (χ0v) is 15.4. The van der Waals surface area contributed by atoms with Gasteiger partial charge in [0.15, 0.2) is 11.5 Å². The van der Waals surface area contributed by atoms with Crippen LogP contribution in [0.15, 0.2) is 47.4 Å². The molecule has 0 radical (unpaired) electrons. The molecule has 2 N–H and O–H groups in total. The van der Waals surface area contributed by atoms with Crippen molar-refractivity contribution in [1.82, 2.24) is 10.0 Å². The molecule has 0 saturated heterocycles. The summed E-state index contributed by atoms with van der Waals surface area (Å²) >= 11 is 0. The summed E-state index contributed by atoms with van der Waals surface area (Å²) in [4.78, 5) is 11.9. The number of fused-ring (bicyclic) bond motifs is 1. The molecule has 2 aromatic rings. The summed E-state index contributed by atoms with van der Waals surface area (Å²) in [6.07, 6.45) is 0. The highest BCUT2D eigenvalue weighted by Gasteiger charge is 2.18. The Labute approximate surface area is 157 Å². The van der Waals surface area contributed by atoms with E-state index in [-0.39, 0.29) is 17.3 Å². The molecule has 8 heteroatoms. The Morgan fingerprint density at radius 3 is 2.63 bits per heavy atom. The third kappa shape index (κ3) is 4.39. The van der Waals surface area contributed by atoms with Gasteiger partial charge in [-0.25, -0.2) is 8.42 Å². The van der Waals surface area contributed by atoms with Gasteiger partial charge in [0.25, 0.3) is 5.91 Å². The minimum absolute atomic E-state index is 0.0688. The number of hydrogen-bond donors (Lipinski definition) is 2. The van der Waals surface area contributed by atoms with Gasteiger partial charge in [0.05, 0.1) is 17.0 Å². The molecule has 0 saturated carbocycles. The van der Waals surface area contributed by atoms with Gasteiger partial charge in [0, 0.05) is 18.7 Å². The quantitative estimate of drug-likeness (QED) is 0.769. The first kappa shape index (κ1) is 18.8. The number of amides is 1. The summed E-state index contributed by atoms with van der Waals surface area (Å²) in [5, 5.41) is 2.54. The van der Waals surface area contributed by atoms with Gasteiger partial charge in [0.1, 0.15) is 13.2 Å². The van der Waals surface area contributed by atoms with Crippen LogP contribution < -0.4 is 19.5 Å². The van der Waals surface area contributed by atoms with Crippen molar-refractivity contribution in [3.8, 4) is 23.3 Å². The number of carbonyl (C=O) groups excluding carboxylic acids is 1. The van der Waals surface area contributed by atoms with Crippen molar-refractivity contribution in [3.63, 3.8) is 0 Å². The summed E-state index contributed by atoms with van der Waals surface area (Å²) in [5.74, 6) is 6.22. The van der Waals surface area contributed by atoms with Crippen molar-refractivity contribution in [2.45, 2.75) is 4.90 Å². The van der Waals surface area contributed by atoms with Crippen LogP contribution in [-0.4, -0.2) is 41.1 Å². The van der Waals surface area contributed by atoms with E-state index >= 15 is 0 Å². The lowest BCUT2D eigenvalue weighted by atomic mass is 10.1. The Kier molecular flexibility index (Phi) is 5.64. The average molecular weight is 386 g/mol. The van der Waals surface area contributed by atoms with Crippen LogP contribution in [0, 0.1) is 11.8 Å². The van der Waals surface area contributed by atoms with E-state index in [1.54, 1.807) is 30.3 Å². The Hall–Kier alpha value is -3.02. The number of ether oxygens (including phenoxy) is 2. The van der Waals surface area contributed by atoms with E-state index in [2.05, 4.69) is 21.9 Å². The van der Waals surface area contributed by atoms with Crippen LogP contribution in [0.1, 0.15) is 15.9 Å². The minimum atomic E-state index is -3.75. The molecule has 2 aromatic carbocycles. The molecule has 3 rings (SSSR count). The van der Waals surface area contributed by atoms with Crippen molar-refractivity contribution in [2.24, 2.45) is 0 Å². The normalized spacial score (nSPS) is 12.6. The van der Waals surface area contributed by atoms with Gasteiger partial charge in [-0.3, -0.25) is 4.79 Å². The molecule has 1 heterocycles. The maximum absolute atomic E-state index is 12.4. The molecule has 0 unspecified atom stereocenters. The summed E-state index contributed by atoms with van der Waals surface area (Å²) in [5.41, 5.74) is 0.956. The molecule has 140 valence electrons. The van der Waals surface area contributed by atoms with Crippen molar-refractivity contribution in [1.29, 1.82) is 0 Å². The number of rotatable bonds is 4. The zero-order chi connectivity index (χ0) is 19.3. The van der Waals surface area contributed by atoms with Gasteiger partial charge in [-0.05, 0) is 24.3 Å². The monoisotopic (exact) mass is 386 g/mol. The largest absolute Gasteiger partial charge is 0.486 e. The van der Waals surface area contributed by atoms with Crippen LogP contribution >= 0.6 is 0 Å². The molecular weight excluding hydrogens is 368 g/mol. The van der Waals surface area contributed by atoms with Crippen molar-refractivity contribution >= 4 is 15.9 Å². The molecule has 0 spiro atoms. The second-order valence-electron chi connectivity index (χ2n) is 5.56. The van der Waals surface area contributed by atoms with E-state index in [1.165, 1.54) is 19.2 Å². The smallest absolute Gasteiger partial charge is 0.252 e. The van der Waals surface area contributed by atoms with Crippen molar-refractivity contribution in [3.05, 3.63) is 53.6 Å². The third-order valence-electron chi connectivity index (χ3n) is 3.80. The van der Waals surface area contributed by atoms with Crippen LogP contribution in [-0.2, 0) is 10.0 Å². The van der Waals surface area contributed by atoms with E-state index in [1.807, 2.05) is 0 Å². The lowest BCUT2D eigenvalue weighted by molar-refractivity contribution is 0.0963. The zero-order valence-electron chi connectivity index (χ0n) is 14.6.